The summed E-state index contributed by atoms with van der Waals surface area (Å²) in [6.45, 7) is 0.707. The van der Waals surface area contributed by atoms with Crippen molar-refractivity contribution in [2.24, 2.45) is 5.73 Å². The van der Waals surface area contributed by atoms with Crippen molar-refractivity contribution in [3.8, 4) is 5.82 Å². The van der Waals surface area contributed by atoms with Crippen molar-refractivity contribution in [3.63, 3.8) is 0 Å². The van der Waals surface area contributed by atoms with Crippen molar-refractivity contribution >= 4 is 0 Å². The second kappa shape index (κ2) is 4.65. The van der Waals surface area contributed by atoms with Gasteiger partial charge in [-0.3, -0.25) is 0 Å². The summed E-state index contributed by atoms with van der Waals surface area (Å²) < 4.78 is 1.74. The maximum Gasteiger partial charge on any atom is 0.156 e. The van der Waals surface area contributed by atoms with Gasteiger partial charge in [-0.15, -0.1) is 0 Å². The Balaban J connectivity index is 2.14. The average Bonchev–Trinajstić information content (AvgIpc) is 2.76. The Morgan fingerprint density at radius 3 is 3.07 bits per heavy atom. The number of hydrogen-bond donors (Lipinski definition) is 1. The van der Waals surface area contributed by atoms with E-state index in [-0.39, 0.29) is 0 Å². The molecular weight excluding hydrogens is 190 g/mol. The molecule has 2 aromatic rings. The predicted octanol–water partition coefficient (Wildman–Crippen LogP) is 0.554. The van der Waals surface area contributed by atoms with Crippen molar-refractivity contribution in [3.05, 3.63) is 36.5 Å². The van der Waals surface area contributed by atoms with Crippen LogP contribution in [0.4, 0.5) is 0 Å². The van der Waals surface area contributed by atoms with Crippen LogP contribution in [0.3, 0.4) is 0 Å². The molecule has 0 radical (unpaired) electrons. The zero-order valence-electron chi connectivity index (χ0n) is 8.37. The van der Waals surface area contributed by atoms with Crippen LogP contribution in [-0.4, -0.2) is 26.3 Å². The van der Waals surface area contributed by atoms with E-state index in [0.717, 1.165) is 18.7 Å². The second-order valence-corrected chi connectivity index (χ2v) is 3.25. The Morgan fingerprint density at radius 1 is 1.40 bits per heavy atom. The Kier molecular flexibility index (Phi) is 3.04. The fourth-order valence-electron chi connectivity index (χ4n) is 1.34. The molecule has 0 amide bonds. The number of aromatic nitrogens is 4. The maximum absolute atomic E-state index is 5.45. The summed E-state index contributed by atoms with van der Waals surface area (Å²) in [6.07, 6.45) is 8.97. The van der Waals surface area contributed by atoms with E-state index in [9.17, 15) is 0 Å². The Hall–Kier alpha value is -1.75. The first-order valence-corrected chi connectivity index (χ1v) is 4.90. The van der Waals surface area contributed by atoms with Crippen LogP contribution in [0.5, 0.6) is 0 Å². The van der Waals surface area contributed by atoms with Gasteiger partial charge in [0.2, 0.25) is 0 Å². The van der Waals surface area contributed by atoms with Crippen molar-refractivity contribution in [2.75, 3.05) is 6.54 Å². The summed E-state index contributed by atoms with van der Waals surface area (Å²) in [4.78, 5) is 7.97. The lowest BCUT2D eigenvalue weighted by Crippen LogP contribution is -2.00. The molecule has 2 N–H and O–H groups in total. The van der Waals surface area contributed by atoms with Crippen LogP contribution in [-0.2, 0) is 6.42 Å². The predicted molar refractivity (Wildman–Crippen MR) is 56.5 cm³/mol. The van der Waals surface area contributed by atoms with Gasteiger partial charge >= 0.3 is 0 Å². The number of nitrogens with two attached hydrogens (primary N) is 1. The zero-order chi connectivity index (χ0) is 10.5. The Morgan fingerprint density at radius 2 is 2.33 bits per heavy atom. The molecule has 0 saturated carbocycles. The molecule has 2 rings (SSSR count). The molecule has 0 aromatic carbocycles. The van der Waals surface area contributed by atoms with Gasteiger partial charge in [0.05, 0.1) is 6.20 Å². The molecule has 0 bridgehead atoms. The minimum Gasteiger partial charge on any atom is -0.330 e. The number of aryl methyl sites for hydroxylation is 1. The van der Waals surface area contributed by atoms with Gasteiger partial charge in [0, 0.05) is 18.5 Å². The van der Waals surface area contributed by atoms with Gasteiger partial charge in [-0.2, -0.15) is 5.10 Å². The first kappa shape index (κ1) is 9.79. The topological polar surface area (TPSA) is 69.6 Å². The minimum atomic E-state index is 0.707. The van der Waals surface area contributed by atoms with Crippen LogP contribution in [0.25, 0.3) is 5.82 Å². The lowest BCUT2D eigenvalue weighted by Gasteiger charge is -1.97. The number of rotatable bonds is 4. The maximum atomic E-state index is 5.45. The van der Waals surface area contributed by atoms with Crippen molar-refractivity contribution in [1.82, 2.24) is 19.7 Å². The van der Waals surface area contributed by atoms with Gasteiger partial charge in [0.15, 0.2) is 5.82 Å². The molecule has 5 nitrogen and oxygen atoms in total. The van der Waals surface area contributed by atoms with Crippen LogP contribution in [0.15, 0.2) is 31.0 Å². The summed E-state index contributed by atoms with van der Waals surface area (Å²) in [5.41, 5.74) is 6.63. The SMILES string of the molecule is NCCCc1cnn(-c2ccncn2)c1. The quantitative estimate of drug-likeness (QED) is 0.788. The smallest absolute Gasteiger partial charge is 0.156 e. The van der Waals surface area contributed by atoms with E-state index in [4.69, 9.17) is 5.73 Å². The number of hydrogen-bond acceptors (Lipinski definition) is 4. The standard InChI is InChI=1S/C10H13N5/c11-4-1-2-9-6-14-15(7-9)10-3-5-12-8-13-10/h3,5-8H,1-2,4,11H2. The van der Waals surface area contributed by atoms with Crippen molar-refractivity contribution in [2.45, 2.75) is 12.8 Å². The number of nitrogens with zero attached hydrogens (tertiary/aromatic N) is 4. The largest absolute Gasteiger partial charge is 0.330 e. The Bertz CT molecular complexity index is 409. The highest BCUT2D eigenvalue weighted by Crippen LogP contribution is 2.05. The van der Waals surface area contributed by atoms with Crippen molar-refractivity contribution in [1.29, 1.82) is 0 Å². The fraction of sp³-hybridized carbons (Fsp3) is 0.300. The van der Waals surface area contributed by atoms with Crippen LogP contribution < -0.4 is 5.73 Å². The Labute approximate surface area is 88.0 Å². The summed E-state index contributed by atoms with van der Waals surface area (Å²) >= 11 is 0. The van der Waals surface area contributed by atoms with E-state index in [2.05, 4.69) is 15.1 Å². The molecule has 2 aromatic heterocycles. The molecule has 0 saturated heterocycles. The first-order chi connectivity index (χ1) is 7.40. The summed E-state index contributed by atoms with van der Waals surface area (Å²) in [5.74, 6) is 0.781. The first-order valence-electron chi connectivity index (χ1n) is 4.90. The normalized spacial score (nSPS) is 10.5. The molecule has 0 atom stereocenters. The lowest BCUT2D eigenvalue weighted by molar-refractivity contribution is 0.825. The second-order valence-electron chi connectivity index (χ2n) is 3.25. The van der Waals surface area contributed by atoms with E-state index in [1.54, 1.807) is 10.9 Å². The molecule has 2 heterocycles. The fourth-order valence-corrected chi connectivity index (χ4v) is 1.34. The molecule has 0 aliphatic rings. The third-order valence-corrected chi connectivity index (χ3v) is 2.11. The van der Waals surface area contributed by atoms with Crippen LogP contribution >= 0.6 is 0 Å². The molecule has 0 aliphatic carbocycles. The summed E-state index contributed by atoms with van der Waals surface area (Å²) in [6, 6.07) is 1.82. The molecule has 0 unspecified atom stereocenters. The molecule has 0 aliphatic heterocycles. The minimum absolute atomic E-state index is 0.707. The summed E-state index contributed by atoms with van der Waals surface area (Å²) in [7, 11) is 0. The van der Waals surface area contributed by atoms with Crippen LogP contribution in [0.2, 0.25) is 0 Å². The highest BCUT2D eigenvalue weighted by atomic mass is 15.3. The van der Waals surface area contributed by atoms with Crippen molar-refractivity contribution < 1.29 is 0 Å². The molecule has 5 heteroatoms. The van der Waals surface area contributed by atoms with Gasteiger partial charge in [0.1, 0.15) is 6.33 Å². The molecule has 0 fully saturated rings. The average molecular weight is 203 g/mol. The van der Waals surface area contributed by atoms with Crippen LogP contribution in [0, 0.1) is 0 Å². The van der Waals surface area contributed by atoms with Gasteiger partial charge in [0.25, 0.3) is 0 Å². The van der Waals surface area contributed by atoms with E-state index in [1.165, 1.54) is 11.9 Å². The molecule has 15 heavy (non-hydrogen) atoms. The zero-order valence-corrected chi connectivity index (χ0v) is 8.37. The van der Waals surface area contributed by atoms with Gasteiger partial charge in [-0.1, -0.05) is 0 Å². The molecule has 78 valence electrons. The monoisotopic (exact) mass is 203 g/mol. The van der Waals surface area contributed by atoms with Gasteiger partial charge in [-0.25, -0.2) is 14.6 Å². The third-order valence-electron chi connectivity index (χ3n) is 2.11. The lowest BCUT2D eigenvalue weighted by atomic mass is 10.2. The van der Waals surface area contributed by atoms with Gasteiger partial charge < -0.3 is 5.73 Å². The van der Waals surface area contributed by atoms with Gasteiger partial charge in [-0.05, 0) is 24.9 Å². The molecule has 0 spiro atoms. The van der Waals surface area contributed by atoms with E-state index in [1.807, 2.05) is 18.5 Å². The molecular formula is C10H13N5. The van der Waals surface area contributed by atoms with Crippen LogP contribution in [0.1, 0.15) is 12.0 Å². The summed E-state index contributed by atoms with van der Waals surface area (Å²) in [5, 5.41) is 4.22. The van der Waals surface area contributed by atoms with E-state index < -0.39 is 0 Å². The van der Waals surface area contributed by atoms with E-state index >= 15 is 0 Å². The highest BCUT2D eigenvalue weighted by molar-refractivity contribution is 5.20. The highest BCUT2D eigenvalue weighted by Gasteiger charge is 2.00. The third kappa shape index (κ3) is 2.38. The van der Waals surface area contributed by atoms with E-state index in [0.29, 0.717) is 6.54 Å².